The van der Waals surface area contributed by atoms with Crippen molar-refractivity contribution >= 4 is 0 Å². The van der Waals surface area contributed by atoms with Gasteiger partial charge >= 0.3 is 0 Å². The van der Waals surface area contributed by atoms with E-state index in [-0.39, 0.29) is 11.5 Å². The summed E-state index contributed by atoms with van der Waals surface area (Å²) in [5, 5.41) is 10.7. The Hall–Kier alpha value is -0.300. The number of hydrogen-bond donors (Lipinski definition) is 1. The number of aliphatic hydroxyl groups is 1. The number of allylic oxidation sites excluding steroid dienone is 2. The molecule has 0 aromatic heterocycles. The summed E-state index contributed by atoms with van der Waals surface area (Å²) >= 11 is 0. The molecule has 2 fully saturated rings. The molecule has 17 heavy (non-hydrogen) atoms. The first-order valence-electron chi connectivity index (χ1n) is 7.31. The van der Waals surface area contributed by atoms with E-state index >= 15 is 0 Å². The second-order valence-corrected chi connectivity index (χ2v) is 7.27. The molecular weight excluding hydrogens is 208 g/mol. The van der Waals surface area contributed by atoms with Crippen molar-refractivity contribution in [3.05, 3.63) is 11.6 Å². The molecule has 3 aliphatic rings. The maximum absolute atomic E-state index is 10.7. The molecule has 0 saturated heterocycles. The van der Waals surface area contributed by atoms with Crippen molar-refractivity contribution in [1.82, 2.24) is 0 Å². The predicted octanol–water partition coefficient (Wildman–Crippen LogP) is 3.63. The van der Waals surface area contributed by atoms with Crippen LogP contribution < -0.4 is 0 Å². The van der Waals surface area contributed by atoms with Crippen LogP contribution in [-0.2, 0) is 0 Å². The Morgan fingerprint density at radius 2 is 2.06 bits per heavy atom. The van der Waals surface area contributed by atoms with Crippen molar-refractivity contribution in [3.63, 3.8) is 0 Å². The first-order valence-corrected chi connectivity index (χ1v) is 7.31. The molecule has 0 aromatic carbocycles. The molecule has 0 spiro atoms. The van der Waals surface area contributed by atoms with Crippen LogP contribution in [-0.4, -0.2) is 11.2 Å². The van der Waals surface area contributed by atoms with E-state index in [1.165, 1.54) is 12.8 Å². The largest absolute Gasteiger partial charge is 0.393 e. The number of rotatable bonds is 1. The van der Waals surface area contributed by atoms with Gasteiger partial charge in [-0.2, -0.15) is 0 Å². The van der Waals surface area contributed by atoms with E-state index in [1.807, 2.05) is 0 Å². The van der Waals surface area contributed by atoms with Crippen LogP contribution in [0.3, 0.4) is 0 Å². The highest BCUT2D eigenvalue weighted by Crippen LogP contribution is 2.66. The fourth-order valence-corrected chi connectivity index (χ4v) is 5.38. The molecule has 0 aliphatic heterocycles. The Morgan fingerprint density at radius 3 is 2.71 bits per heavy atom. The van der Waals surface area contributed by atoms with Gasteiger partial charge < -0.3 is 5.11 Å². The van der Waals surface area contributed by atoms with Crippen molar-refractivity contribution < 1.29 is 5.11 Å². The number of aliphatic hydroxyl groups excluding tert-OH is 1. The molecule has 96 valence electrons. The summed E-state index contributed by atoms with van der Waals surface area (Å²) in [5.74, 6) is 3.73. The van der Waals surface area contributed by atoms with Gasteiger partial charge in [0.1, 0.15) is 0 Å². The lowest BCUT2D eigenvalue weighted by Gasteiger charge is -2.50. The summed E-state index contributed by atoms with van der Waals surface area (Å²) in [6.07, 6.45) is 5.96. The monoisotopic (exact) mass is 234 g/mol. The Morgan fingerprint density at radius 1 is 1.35 bits per heavy atom. The average Bonchev–Trinajstić information content (AvgIpc) is 2.38. The Kier molecular flexibility index (Phi) is 2.49. The highest BCUT2D eigenvalue weighted by molar-refractivity contribution is 5.24. The molecule has 1 N–H and O–H groups in total. The molecule has 3 rings (SSSR count). The maximum atomic E-state index is 10.7. The van der Waals surface area contributed by atoms with Crippen molar-refractivity contribution in [2.75, 3.05) is 0 Å². The SMILES string of the molecule is CC1=CC[C@@H]2[C@@H]3C[C@H]1[C@]2(C)[C@@H](O)C[C@@H]3C(C)C. The fourth-order valence-electron chi connectivity index (χ4n) is 5.38. The molecule has 0 amide bonds. The van der Waals surface area contributed by atoms with Gasteiger partial charge in [-0.25, -0.2) is 0 Å². The standard InChI is InChI=1S/C16H26O/c1-9(2)11-8-15(17)16(4)13-6-5-10(3)14(16)7-12(11)13/h5,9,11-15,17H,6-8H2,1-4H3/t11-,12-,13-,14-,15+,16-/m1/s1. The van der Waals surface area contributed by atoms with E-state index in [4.69, 9.17) is 0 Å². The van der Waals surface area contributed by atoms with E-state index < -0.39 is 0 Å². The van der Waals surface area contributed by atoms with Crippen molar-refractivity contribution in [2.24, 2.45) is 35.0 Å². The quantitative estimate of drug-likeness (QED) is 0.687. The Balaban J connectivity index is 2.01. The zero-order valence-electron chi connectivity index (χ0n) is 11.6. The van der Waals surface area contributed by atoms with Gasteiger partial charge in [-0.3, -0.25) is 0 Å². The first kappa shape index (κ1) is 11.8. The van der Waals surface area contributed by atoms with Crippen LogP contribution in [0.25, 0.3) is 0 Å². The molecule has 6 atom stereocenters. The third kappa shape index (κ3) is 1.35. The second kappa shape index (κ2) is 3.60. The van der Waals surface area contributed by atoms with Gasteiger partial charge in [-0.05, 0) is 55.8 Å². The molecule has 1 heteroatoms. The lowest BCUT2D eigenvalue weighted by molar-refractivity contribution is -0.0798. The molecule has 4 bridgehead atoms. The van der Waals surface area contributed by atoms with Gasteiger partial charge in [0.2, 0.25) is 0 Å². The van der Waals surface area contributed by atoms with E-state index in [2.05, 4.69) is 33.8 Å². The summed E-state index contributed by atoms with van der Waals surface area (Å²) in [5.41, 5.74) is 1.74. The fraction of sp³-hybridized carbons (Fsp3) is 0.875. The second-order valence-electron chi connectivity index (χ2n) is 7.27. The van der Waals surface area contributed by atoms with Gasteiger partial charge in [-0.1, -0.05) is 32.4 Å². The smallest absolute Gasteiger partial charge is 0.0605 e. The van der Waals surface area contributed by atoms with Gasteiger partial charge in [-0.15, -0.1) is 0 Å². The highest BCUT2D eigenvalue weighted by atomic mass is 16.3. The first-order chi connectivity index (χ1) is 7.96. The van der Waals surface area contributed by atoms with E-state index in [0.29, 0.717) is 5.92 Å². The Bertz CT molecular complexity index is 357. The van der Waals surface area contributed by atoms with Crippen LogP contribution in [0.2, 0.25) is 0 Å². The zero-order chi connectivity index (χ0) is 12.4. The lowest BCUT2D eigenvalue weighted by atomic mass is 9.56. The normalized spacial score (nSPS) is 52.8. The van der Waals surface area contributed by atoms with Crippen LogP contribution in [0.4, 0.5) is 0 Å². The minimum Gasteiger partial charge on any atom is -0.393 e. The summed E-state index contributed by atoms with van der Waals surface area (Å²) < 4.78 is 0. The molecule has 0 radical (unpaired) electrons. The van der Waals surface area contributed by atoms with Crippen LogP contribution in [0.1, 0.15) is 47.0 Å². The number of hydrogen-bond acceptors (Lipinski definition) is 1. The summed E-state index contributed by atoms with van der Waals surface area (Å²) in [4.78, 5) is 0. The molecule has 1 nitrogen and oxygen atoms in total. The van der Waals surface area contributed by atoms with Gasteiger partial charge in [0.25, 0.3) is 0 Å². The van der Waals surface area contributed by atoms with E-state index in [1.54, 1.807) is 5.57 Å². The topological polar surface area (TPSA) is 20.2 Å². The molecule has 3 aliphatic carbocycles. The molecule has 2 saturated carbocycles. The average molecular weight is 234 g/mol. The molecule has 0 unspecified atom stereocenters. The van der Waals surface area contributed by atoms with Gasteiger partial charge in [0.05, 0.1) is 6.10 Å². The summed E-state index contributed by atoms with van der Waals surface area (Å²) in [7, 11) is 0. The third-order valence-electron chi connectivity index (χ3n) is 6.44. The van der Waals surface area contributed by atoms with Crippen molar-refractivity contribution in [1.29, 1.82) is 0 Å². The molecule has 0 heterocycles. The molecular formula is C16H26O. The Labute approximate surface area is 105 Å². The maximum Gasteiger partial charge on any atom is 0.0605 e. The van der Waals surface area contributed by atoms with Gasteiger partial charge in [0.15, 0.2) is 0 Å². The van der Waals surface area contributed by atoms with Crippen molar-refractivity contribution in [3.8, 4) is 0 Å². The van der Waals surface area contributed by atoms with E-state index in [9.17, 15) is 5.11 Å². The predicted molar refractivity (Wildman–Crippen MR) is 70.5 cm³/mol. The minimum atomic E-state index is -0.0766. The van der Waals surface area contributed by atoms with Crippen LogP contribution in [0.5, 0.6) is 0 Å². The lowest BCUT2D eigenvalue weighted by Crippen LogP contribution is -2.49. The third-order valence-corrected chi connectivity index (χ3v) is 6.44. The van der Waals surface area contributed by atoms with Crippen LogP contribution in [0.15, 0.2) is 11.6 Å². The van der Waals surface area contributed by atoms with Gasteiger partial charge in [0, 0.05) is 5.41 Å². The zero-order valence-corrected chi connectivity index (χ0v) is 11.6. The molecule has 0 aromatic rings. The van der Waals surface area contributed by atoms with E-state index in [0.717, 1.165) is 30.1 Å². The minimum absolute atomic E-state index is 0.0766. The summed E-state index contributed by atoms with van der Waals surface area (Å²) in [6, 6.07) is 0. The van der Waals surface area contributed by atoms with Crippen LogP contribution in [0, 0.1) is 35.0 Å². The van der Waals surface area contributed by atoms with Crippen LogP contribution >= 0.6 is 0 Å². The summed E-state index contributed by atoms with van der Waals surface area (Å²) in [6.45, 7) is 9.31. The highest BCUT2D eigenvalue weighted by Gasteiger charge is 2.62. The van der Waals surface area contributed by atoms with Crippen molar-refractivity contribution in [2.45, 2.75) is 53.1 Å².